The van der Waals surface area contributed by atoms with Crippen LogP contribution in [0, 0.1) is 6.92 Å². The highest BCUT2D eigenvalue weighted by Gasteiger charge is 2.33. The van der Waals surface area contributed by atoms with Gasteiger partial charge in [0.15, 0.2) is 5.69 Å². The molecule has 3 aromatic rings. The van der Waals surface area contributed by atoms with Crippen molar-refractivity contribution in [3.05, 3.63) is 58.2 Å². The molecular formula is C24H25F5N6O2S. The van der Waals surface area contributed by atoms with Gasteiger partial charge in [-0.2, -0.15) is 17.5 Å². The van der Waals surface area contributed by atoms with E-state index in [0.717, 1.165) is 17.7 Å². The number of carbonyl (C=O) groups excluding carboxylic acids is 1. The normalized spacial score (nSPS) is 15.1. The molecule has 1 amide bonds. The van der Waals surface area contributed by atoms with Crippen molar-refractivity contribution in [2.75, 3.05) is 31.8 Å². The number of carbonyl (C=O) groups is 1. The molecule has 1 aliphatic heterocycles. The molecule has 1 fully saturated rings. The van der Waals surface area contributed by atoms with Gasteiger partial charge in [-0.1, -0.05) is 0 Å². The molecule has 0 spiro atoms. The van der Waals surface area contributed by atoms with E-state index in [0.29, 0.717) is 59.8 Å². The van der Waals surface area contributed by atoms with Crippen LogP contribution in [0.5, 0.6) is 5.88 Å². The number of aromatic nitrogens is 4. The summed E-state index contributed by atoms with van der Waals surface area (Å²) in [5.74, 6) is -0.0758. The van der Waals surface area contributed by atoms with Gasteiger partial charge in [-0.05, 0) is 37.4 Å². The number of piperidine rings is 1. The van der Waals surface area contributed by atoms with E-state index in [1.165, 1.54) is 6.20 Å². The first-order valence-corrected chi connectivity index (χ1v) is 12.6. The van der Waals surface area contributed by atoms with Gasteiger partial charge in [0.05, 0.1) is 41.1 Å². The van der Waals surface area contributed by atoms with Gasteiger partial charge in [-0.25, -0.2) is 18.7 Å². The van der Waals surface area contributed by atoms with Gasteiger partial charge in [0, 0.05) is 36.7 Å². The Morgan fingerprint density at radius 2 is 1.87 bits per heavy atom. The lowest BCUT2D eigenvalue weighted by atomic mass is 10.1. The predicted octanol–water partition coefficient (Wildman–Crippen LogP) is 4.65. The molecule has 8 nitrogen and oxygen atoms in total. The molecule has 0 atom stereocenters. The number of alkyl halides is 5. The molecule has 1 aliphatic rings. The maximum atomic E-state index is 13.0. The second-order valence-electron chi connectivity index (χ2n) is 8.79. The lowest BCUT2D eigenvalue weighted by Crippen LogP contribution is -2.46. The Labute approximate surface area is 219 Å². The van der Waals surface area contributed by atoms with Gasteiger partial charge in [0.25, 0.3) is 5.91 Å². The van der Waals surface area contributed by atoms with Crippen LogP contribution in [0.3, 0.4) is 0 Å². The van der Waals surface area contributed by atoms with Crippen molar-refractivity contribution >= 4 is 23.1 Å². The van der Waals surface area contributed by atoms with Crippen LogP contribution in [0.15, 0.2) is 30.7 Å². The average Bonchev–Trinajstić information content (AvgIpc) is 3.26. The van der Waals surface area contributed by atoms with Crippen molar-refractivity contribution in [1.29, 1.82) is 0 Å². The summed E-state index contributed by atoms with van der Waals surface area (Å²) >= 11 is 1.06. The Morgan fingerprint density at radius 3 is 2.45 bits per heavy atom. The molecule has 204 valence electrons. The third-order valence-electron chi connectivity index (χ3n) is 6.13. The quantitative estimate of drug-likeness (QED) is 0.384. The number of nitrogens with zero attached hydrogens (tertiary/aromatic N) is 5. The molecule has 0 aromatic carbocycles. The summed E-state index contributed by atoms with van der Waals surface area (Å²) in [6, 6.07) is 2.54. The van der Waals surface area contributed by atoms with E-state index in [9.17, 15) is 26.7 Å². The number of rotatable bonds is 9. The number of nitrogens with one attached hydrogen (secondary N) is 1. The number of hydrogen-bond donors (Lipinski definition) is 1. The van der Waals surface area contributed by atoms with Crippen LogP contribution in [0.25, 0.3) is 0 Å². The van der Waals surface area contributed by atoms with Crippen molar-refractivity contribution in [2.24, 2.45) is 0 Å². The number of aryl methyl sites for hydroxylation is 1. The van der Waals surface area contributed by atoms with E-state index in [-0.39, 0.29) is 18.2 Å². The molecule has 1 saturated heterocycles. The Morgan fingerprint density at radius 1 is 1.13 bits per heavy atom. The largest absolute Gasteiger partial charge is 0.474 e. The van der Waals surface area contributed by atoms with E-state index in [4.69, 9.17) is 4.74 Å². The Hall–Kier alpha value is -3.26. The minimum atomic E-state index is -4.58. The highest BCUT2D eigenvalue weighted by molar-refractivity contribution is 7.06. The fraction of sp³-hybridized carbons (Fsp3) is 0.458. The average molecular weight is 557 g/mol. The van der Waals surface area contributed by atoms with Crippen LogP contribution in [0.2, 0.25) is 0 Å². The van der Waals surface area contributed by atoms with Crippen molar-refractivity contribution in [3.8, 4) is 5.88 Å². The third-order valence-corrected chi connectivity index (χ3v) is 7.06. The first-order valence-electron chi connectivity index (χ1n) is 11.8. The van der Waals surface area contributed by atoms with Crippen LogP contribution in [-0.2, 0) is 12.6 Å². The first-order chi connectivity index (χ1) is 18.2. The number of halogens is 5. The summed E-state index contributed by atoms with van der Waals surface area (Å²) < 4.78 is 74.1. The molecule has 0 bridgehead atoms. The van der Waals surface area contributed by atoms with E-state index in [1.807, 2.05) is 0 Å². The van der Waals surface area contributed by atoms with Gasteiger partial charge in [-0.3, -0.25) is 14.7 Å². The molecule has 1 N–H and O–H groups in total. The molecule has 14 heteroatoms. The fourth-order valence-corrected chi connectivity index (χ4v) is 4.95. The molecular weight excluding hydrogens is 531 g/mol. The molecule has 0 aliphatic carbocycles. The second kappa shape index (κ2) is 12.1. The zero-order chi connectivity index (χ0) is 27.3. The van der Waals surface area contributed by atoms with Crippen LogP contribution < -0.4 is 10.1 Å². The lowest BCUT2D eigenvalue weighted by Gasteiger charge is -2.35. The smallest absolute Gasteiger partial charge is 0.434 e. The summed E-state index contributed by atoms with van der Waals surface area (Å²) in [7, 11) is 0. The monoisotopic (exact) mass is 556 g/mol. The number of likely N-dealkylation sites (tertiary alicyclic amines) is 1. The van der Waals surface area contributed by atoms with Gasteiger partial charge in [0.2, 0.25) is 5.88 Å². The number of hydrogen-bond acceptors (Lipinski definition) is 8. The van der Waals surface area contributed by atoms with Crippen LogP contribution in [0.1, 0.15) is 45.2 Å². The lowest BCUT2D eigenvalue weighted by molar-refractivity contribution is -0.141. The topological polar surface area (TPSA) is 93.1 Å². The van der Waals surface area contributed by atoms with Crippen LogP contribution >= 0.6 is 11.5 Å². The van der Waals surface area contributed by atoms with Gasteiger partial charge in [0.1, 0.15) is 19.5 Å². The van der Waals surface area contributed by atoms with Crippen LogP contribution in [-0.4, -0.2) is 68.7 Å². The molecule has 0 unspecified atom stereocenters. The molecule has 4 heterocycles. The molecule has 0 saturated carbocycles. The zero-order valence-electron chi connectivity index (χ0n) is 20.3. The first kappa shape index (κ1) is 27.8. The zero-order valence-corrected chi connectivity index (χ0v) is 21.2. The molecule has 0 radical (unpaired) electrons. The minimum Gasteiger partial charge on any atom is -0.474 e. The Balaban J connectivity index is 1.34. The van der Waals surface area contributed by atoms with Gasteiger partial charge >= 0.3 is 6.18 Å². The van der Waals surface area contributed by atoms with Crippen molar-refractivity contribution < 1.29 is 31.5 Å². The second-order valence-corrected chi connectivity index (χ2v) is 9.65. The van der Waals surface area contributed by atoms with Crippen LogP contribution in [0.4, 0.5) is 27.6 Å². The number of pyridine rings is 1. The maximum Gasteiger partial charge on any atom is 0.434 e. The highest BCUT2D eigenvalue weighted by Crippen LogP contribution is 2.28. The van der Waals surface area contributed by atoms with E-state index in [1.54, 1.807) is 24.0 Å². The summed E-state index contributed by atoms with van der Waals surface area (Å²) in [4.78, 5) is 26.8. The third kappa shape index (κ3) is 6.78. The highest BCUT2D eigenvalue weighted by atomic mass is 32.1. The maximum absolute atomic E-state index is 13.0. The standard InChI is InChI=1S/C24H25F5N6O2S/c1-14-22(19(38-34-14)8-16-12-31-20(13-30-16)24(27,28)29)23(36)33-15-2-3-21(32-11-15)37-18-4-6-35(7-5-18)17(9-25)10-26/h2-3,11-13,17-18H,4-10H2,1H3,(H,33,36). The SMILES string of the molecule is Cc1nsc(Cc2cnc(C(F)(F)F)cn2)c1C(=O)Nc1ccc(OC2CCN(C(CF)CF)CC2)nc1. The molecule has 3 aromatic heterocycles. The fourth-order valence-electron chi connectivity index (χ4n) is 4.07. The summed E-state index contributed by atoms with van der Waals surface area (Å²) in [6.45, 7) is 1.29. The van der Waals surface area contributed by atoms with Gasteiger partial charge in [-0.15, -0.1) is 0 Å². The van der Waals surface area contributed by atoms with Crippen molar-refractivity contribution in [1.82, 2.24) is 24.2 Å². The number of anilines is 1. The van der Waals surface area contributed by atoms with E-state index in [2.05, 4.69) is 24.6 Å². The summed E-state index contributed by atoms with van der Waals surface area (Å²) in [5, 5.41) is 2.75. The van der Waals surface area contributed by atoms with Gasteiger partial charge < -0.3 is 10.1 Å². The van der Waals surface area contributed by atoms with Crippen molar-refractivity contribution in [3.63, 3.8) is 0 Å². The molecule has 4 rings (SSSR count). The van der Waals surface area contributed by atoms with E-state index < -0.39 is 37.2 Å². The number of ether oxygens (including phenoxy) is 1. The molecule has 38 heavy (non-hydrogen) atoms. The van der Waals surface area contributed by atoms with E-state index >= 15 is 0 Å². The summed E-state index contributed by atoms with van der Waals surface area (Å²) in [6.07, 6.45) is -0.241. The minimum absolute atomic E-state index is 0.0979. The van der Waals surface area contributed by atoms with Crippen molar-refractivity contribution in [2.45, 2.75) is 44.5 Å². The predicted molar refractivity (Wildman–Crippen MR) is 130 cm³/mol. The Bertz CT molecular complexity index is 1210. The summed E-state index contributed by atoms with van der Waals surface area (Å²) in [5.41, 5.74) is 0.381. The Kier molecular flexibility index (Phi) is 8.82. The number of amides is 1.